The molecular weight excluding hydrogens is 342 g/mol. The van der Waals surface area contributed by atoms with Gasteiger partial charge < -0.3 is 19.1 Å². The molecule has 3 rings (SSSR count). The lowest BCUT2D eigenvalue weighted by molar-refractivity contribution is 0.0302. The number of morpholine rings is 1. The molecule has 0 saturated carbocycles. The SMILES string of the molecule is COc1ccc(C(=O)N2CCOCC2)cc1COc1ccccc1Cl. The van der Waals surface area contributed by atoms with Gasteiger partial charge in [-0.05, 0) is 30.3 Å². The minimum atomic E-state index is -0.00931. The van der Waals surface area contributed by atoms with Crippen molar-refractivity contribution in [2.24, 2.45) is 0 Å². The molecule has 25 heavy (non-hydrogen) atoms. The molecule has 0 spiro atoms. The molecular formula is C19H20ClNO4. The third-order valence-corrected chi connectivity index (χ3v) is 4.36. The molecule has 0 unspecified atom stereocenters. The third kappa shape index (κ3) is 4.24. The number of amides is 1. The standard InChI is InChI=1S/C19H20ClNO4/c1-23-17-7-6-14(19(22)21-8-10-24-11-9-21)12-15(17)13-25-18-5-3-2-4-16(18)20/h2-7,12H,8-11,13H2,1H3. The lowest BCUT2D eigenvalue weighted by Gasteiger charge is -2.27. The third-order valence-electron chi connectivity index (χ3n) is 4.05. The molecule has 132 valence electrons. The normalized spacial score (nSPS) is 14.2. The highest BCUT2D eigenvalue weighted by Crippen LogP contribution is 2.27. The molecule has 0 N–H and O–H groups in total. The molecule has 5 nitrogen and oxygen atoms in total. The highest BCUT2D eigenvalue weighted by Gasteiger charge is 2.19. The molecule has 1 aliphatic rings. The summed E-state index contributed by atoms with van der Waals surface area (Å²) < 4.78 is 16.5. The van der Waals surface area contributed by atoms with Crippen LogP contribution >= 0.6 is 11.6 Å². The molecule has 0 bridgehead atoms. The van der Waals surface area contributed by atoms with E-state index in [-0.39, 0.29) is 12.5 Å². The van der Waals surface area contributed by atoms with E-state index < -0.39 is 0 Å². The first-order valence-electron chi connectivity index (χ1n) is 8.10. The van der Waals surface area contributed by atoms with Crippen LogP contribution in [0.3, 0.4) is 0 Å². The number of carbonyl (C=O) groups is 1. The topological polar surface area (TPSA) is 48.0 Å². The van der Waals surface area contributed by atoms with Gasteiger partial charge >= 0.3 is 0 Å². The average Bonchev–Trinajstić information content (AvgIpc) is 2.67. The number of ether oxygens (including phenoxy) is 3. The minimum absolute atomic E-state index is 0.00931. The van der Waals surface area contributed by atoms with Gasteiger partial charge in [0, 0.05) is 24.2 Å². The van der Waals surface area contributed by atoms with E-state index >= 15 is 0 Å². The smallest absolute Gasteiger partial charge is 0.254 e. The Labute approximate surface area is 152 Å². The number of nitrogens with zero attached hydrogens (tertiary/aromatic N) is 1. The second-order valence-corrected chi connectivity index (χ2v) is 6.06. The first-order valence-corrected chi connectivity index (χ1v) is 8.48. The molecule has 2 aromatic carbocycles. The second-order valence-electron chi connectivity index (χ2n) is 5.65. The Morgan fingerprint density at radius 2 is 1.92 bits per heavy atom. The summed E-state index contributed by atoms with van der Waals surface area (Å²) >= 11 is 6.12. The fourth-order valence-electron chi connectivity index (χ4n) is 2.69. The van der Waals surface area contributed by atoms with Crippen molar-refractivity contribution in [3.63, 3.8) is 0 Å². The maximum Gasteiger partial charge on any atom is 0.254 e. The van der Waals surface area contributed by atoms with Crippen LogP contribution in [0.5, 0.6) is 11.5 Å². The fraction of sp³-hybridized carbons (Fsp3) is 0.316. The molecule has 1 fully saturated rings. The molecule has 0 aromatic heterocycles. The van der Waals surface area contributed by atoms with Crippen molar-refractivity contribution in [3.05, 3.63) is 58.6 Å². The van der Waals surface area contributed by atoms with Gasteiger partial charge in [0.1, 0.15) is 18.1 Å². The number of hydrogen-bond acceptors (Lipinski definition) is 4. The van der Waals surface area contributed by atoms with Crippen molar-refractivity contribution in [2.45, 2.75) is 6.61 Å². The summed E-state index contributed by atoms with van der Waals surface area (Å²) in [5.41, 5.74) is 1.40. The monoisotopic (exact) mass is 361 g/mol. The zero-order chi connectivity index (χ0) is 17.6. The summed E-state index contributed by atoms with van der Waals surface area (Å²) in [6.07, 6.45) is 0. The van der Waals surface area contributed by atoms with E-state index in [1.807, 2.05) is 18.2 Å². The summed E-state index contributed by atoms with van der Waals surface area (Å²) in [6.45, 7) is 2.62. The van der Waals surface area contributed by atoms with E-state index in [0.29, 0.717) is 48.4 Å². The fourth-order valence-corrected chi connectivity index (χ4v) is 2.88. The van der Waals surface area contributed by atoms with Crippen molar-refractivity contribution < 1.29 is 19.0 Å². The van der Waals surface area contributed by atoms with Crippen LogP contribution in [-0.2, 0) is 11.3 Å². The highest BCUT2D eigenvalue weighted by atomic mass is 35.5. The lowest BCUT2D eigenvalue weighted by atomic mass is 10.1. The molecule has 6 heteroatoms. The van der Waals surface area contributed by atoms with E-state index in [4.69, 9.17) is 25.8 Å². The van der Waals surface area contributed by atoms with Gasteiger partial charge in [0.2, 0.25) is 0 Å². The van der Waals surface area contributed by atoms with E-state index in [1.165, 1.54) is 0 Å². The molecule has 0 atom stereocenters. The molecule has 1 saturated heterocycles. The number of para-hydroxylation sites is 1. The molecule has 1 aliphatic heterocycles. The second kappa shape index (κ2) is 8.23. The summed E-state index contributed by atoms with van der Waals surface area (Å²) in [4.78, 5) is 14.4. The van der Waals surface area contributed by atoms with Gasteiger partial charge in [0.25, 0.3) is 5.91 Å². The van der Waals surface area contributed by atoms with Crippen molar-refractivity contribution in [1.29, 1.82) is 0 Å². The van der Waals surface area contributed by atoms with E-state index in [1.54, 1.807) is 36.3 Å². The van der Waals surface area contributed by atoms with Crippen LogP contribution in [0.25, 0.3) is 0 Å². The van der Waals surface area contributed by atoms with Crippen LogP contribution in [-0.4, -0.2) is 44.2 Å². The van der Waals surface area contributed by atoms with Gasteiger partial charge in [-0.3, -0.25) is 4.79 Å². The van der Waals surface area contributed by atoms with Crippen LogP contribution in [0, 0.1) is 0 Å². The zero-order valence-corrected chi connectivity index (χ0v) is 14.8. The lowest BCUT2D eigenvalue weighted by Crippen LogP contribution is -2.40. The van der Waals surface area contributed by atoms with Gasteiger partial charge in [0.05, 0.1) is 25.3 Å². The van der Waals surface area contributed by atoms with Gasteiger partial charge in [-0.2, -0.15) is 0 Å². The van der Waals surface area contributed by atoms with Gasteiger partial charge in [0.15, 0.2) is 0 Å². The van der Waals surface area contributed by atoms with E-state index in [0.717, 1.165) is 5.56 Å². The van der Waals surface area contributed by atoms with Crippen LogP contribution in [0.4, 0.5) is 0 Å². The molecule has 1 amide bonds. The number of benzene rings is 2. The largest absolute Gasteiger partial charge is 0.496 e. The molecule has 2 aromatic rings. The Morgan fingerprint density at radius 3 is 2.64 bits per heavy atom. The Kier molecular flexibility index (Phi) is 5.79. The Morgan fingerprint density at radius 1 is 1.16 bits per heavy atom. The van der Waals surface area contributed by atoms with E-state index in [9.17, 15) is 4.79 Å². The van der Waals surface area contributed by atoms with Crippen molar-refractivity contribution in [1.82, 2.24) is 4.90 Å². The number of methoxy groups -OCH3 is 1. The van der Waals surface area contributed by atoms with Gasteiger partial charge in [-0.15, -0.1) is 0 Å². The molecule has 0 aliphatic carbocycles. The molecule has 1 heterocycles. The predicted octanol–water partition coefficient (Wildman–Crippen LogP) is 3.40. The highest BCUT2D eigenvalue weighted by molar-refractivity contribution is 6.32. The van der Waals surface area contributed by atoms with Gasteiger partial charge in [-0.1, -0.05) is 23.7 Å². The maximum atomic E-state index is 12.6. The summed E-state index contributed by atoms with van der Waals surface area (Å²) in [6, 6.07) is 12.7. The first kappa shape index (κ1) is 17.6. The number of halogens is 1. The van der Waals surface area contributed by atoms with Crippen LogP contribution < -0.4 is 9.47 Å². The Bertz CT molecular complexity index is 744. The zero-order valence-electron chi connectivity index (χ0n) is 14.0. The summed E-state index contributed by atoms with van der Waals surface area (Å²) in [5.74, 6) is 1.26. The van der Waals surface area contributed by atoms with Crippen LogP contribution in [0.1, 0.15) is 15.9 Å². The van der Waals surface area contributed by atoms with Crippen molar-refractivity contribution >= 4 is 17.5 Å². The van der Waals surface area contributed by atoms with Crippen LogP contribution in [0.15, 0.2) is 42.5 Å². The average molecular weight is 362 g/mol. The van der Waals surface area contributed by atoms with Crippen molar-refractivity contribution in [2.75, 3.05) is 33.4 Å². The maximum absolute atomic E-state index is 12.6. The summed E-state index contributed by atoms with van der Waals surface area (Å²) in [5, 5.41) is 0.544. The van der Waals surface area contributed by atoms with E-state index in [2.05, 4.69) is 0 Å². The summed E-state index contributed by atoms with van der Waals surface area (Å²) in [7, 11) is 1.60. The first-order chi connectivity index (χ1) is 12.2. The number of carbonyl (C=O) groups excluding carboxylic acids is 1. The minimum Gasteiger partial charge on any atom is -0.496 e. The Balaban J connectivity index is 1.77. The number of hydrogen-bond donors (Lipinski definition) is 0. The molecule has 0 radical (unpaired) electrons. The van der Waals surface area contributed by atoms with Gasteiger partial charge in [-0.25, -0.2) is 0 Å². The quantitative estimate of drug-likeness (QED) is 0.819. The van der Waals surface area contributed by atoms with Crippen molar-refractivity contribution in [3.8, 4) is 11.5 Å². The Hall–Kier alpha value is -2.24. The van der Waals surface area contributed by atoms with Crippen LogP contribution in [0.2, 0.25) is 5.02 Å². The predicted molar refractivity (Wildman–Crippen MR) is 95.5 cm³/mol. The number of rotatable bonds is 5.